The standard InChI is InChI=1S/C25H26O4/c1-28-22(26)24(23(27)29-2)14-20-21(17-11-7-4-8-12-17)25(20,15-24)19-13-18(19)16-9-5-3-6-10-16/h3-12,18-21H,13-15H2,1-2H3/t18-,19+,20-,21-,25?/m0/s1. The molecule has 2 aromatic carbocycles. The number of hydrogen-bond acceptors (Lipinski definition) is 4. The van der Waals surface area contributed by atoms with E-state index in [1.807, 2.05) is 12.1 Å². The van der Waals surface area contributed by atoms with Gasteiger partial charge in [-0.25, -0.2) is 0 Å². The molecule has 29 heavy (non-hydrogen) atoms. The fourth-order valence-corrected chi connectivity index (χ4v) is 6.54. The predicted octanol–water partition coefficient (Wildman–Crippen LogP) is 4.32. The molecule has 0 aromatic heterocycles. The van der Waals surface area contributed by atoms with E-state index >= 15 is 0 Å². The number of carbonyl (C=O) groups excluding carboxylic acids is 2. The molecule has 5 rings (SSSR count). The van der Waals surface area contributed by atoms with Crippen LogP contribution in [0.2, 0.25) is 0 Å². The normalized spacial score (nSPS) is 33.4. The quantitative estimate of drug-likeness (QED) is 0.564. The van der Waals surface area contributed by atoms with Gasteiger partial charge in [0.1, 0.15) is 0 Å². The zero-order valence-corrected chi connectivity index (χ0v) is 16.8. The number of ether oxygens (including phenoxy) is 2. The average Bonchev–Trinajstić information content (AvgIpc) is 3.67. The first-order valence-electron chi connectivity index (χ1n) is 10.3. The summed E-state index contributed by atoms with van der Waals surface area (Å²) in [5.41, 5.74) is 1.48. The first kappa shape index (κ1) is 18.4. The minimum Gasteiger partial charge on any atom is -0.468 e. The van der Waals surface area contributed by atoms with Gasteiger partial charge in [-0.1, -0.05) is 60.7 Å². The van der Waals surface area contributed by atoms with Gasteiger partial charge in [0.15, 0.2) is 5.41 Å². The highest BCUT2D eigenvalue weighted by Crippen LogP contribution is 2.85. The smallest absolute Gasteiger partial charge is 0.323 e. The molecule has 1 unspecified atom stereocenters. The summed E-state index contributed by atoms with van der Waals surface area (Å²) in [6.07, 6.45) is 2.16. The summed E-state index contributed by atoms with van der Waals surface area (Å²) in [6.45, 7) is 0. The molecular formula is C25H26O4. The van der Waals surface area contributed by atoms with Gasteiger partial charge >= 0.3 is 11.9 Å². The van der Waals surface area contributed by atoms with Gasteiger partial charge in [0, 0.05) is 0 Å². The van der Waals surface area contributed by atoms with Crippen LogP contribution in [0.25, 0.3) is 0 Å². The SMILES string of the molecule is COC(=O)C1(C(=O)OC)C[C@H]2[C@H](c3ccccc3)C2([C@@H]2C[C@H]2c2ccccc2)C1. The Balaban J connectivity index is 1.52. The molecule has 0 N–H and O–H groups in total. The fraction of sp³-hybridized carbons (Fsp3) is 0.440. The molecule has 0 radical (unpaired) electrons. The van der Waals surface area contributed by atoms with E-state index in [1.165, 1.54) is 25.3 Å². The van der Waals surface area contributed by atoms with Crippen molar-refractivity contribution >= 4 is 11.9 Å². The molecule has 2 aromatic rings. The maximum atomic E-state index is 12.8. The van der Waals surface area contributed by atoms with E-state index in [9.17, 15) is 9.59 Å². The second kappa shape index (κ2) is 6.45. The van der Waals surface area contributed by atoms with Gasteiger partial charge in [0.2, 0.25) is 0 Å². The zero-order valence-electron chi connectivity index (χ0n) is 16.8. The van der Waals surface area contributed by atoms with E-state index in [2.05, 4.69) is 48.5 Å². The van der Waals surface area contributed by atoms with Crippen LogP contribution in [-0.2, 0) is 19.1 Å². The Morgan fingerprint density at radius 3 is 1.93 bits per heavy atom. The Hall–Kier alpha value is -2.62. The van der Waals surface area contributed by atoms with Crippen LogP contribution < -0.4 is 0 Å². The van der Waals surface area contributed by atoms with Crippen LogP contribution in [0.5, 0.6) is 0 Å². The highest BCUT2D eigenvalue weighted by Gasteiger charge is 2.81. The summed E-state index contributed by atoms with van der Waals surface area (Å²) in [5, 5.41) is 0. The lowest BCUT2D eigenvalue weighted by Crippen LogP contribution is -2.41. The summed E-state index contributed by atoms with van der Waals surface area (Å²) in [6, 6.07) is 21.2. The van der Waals surface area contributed by atoms with E-state index in [0.717, 1.165) is 6.42 Å². The number of esters is 2. The number of hydrogen-bond donors (Lipinski definition) is 0. The van der Waals surface area contributed by atoms with E-state index in [-0.39, 0.29) is 5.41 Å². The highest BCUT2D eigenvalue weighted by atomic mass is 16.5. The monoisotopic (exact) mass is 390 g/mol. The Kier molecular flexibility index (Phi) is 4.09. The third kappa shape index (κ3) is 2.51. The van der Waals surface area contributed by atoms with E-state index in [0.29, 0.717) is 36.5 Å². The zero-order chi connectivity index (χ0) is 20.2. The maximum Gasteiger partial charge on any atom is 0.323 e. The largest absolute Gasteiger partial charge is 0.468 e. The molecule has 4 heteroatoms. The second-order valence-corrected chi connectivity index (χ2v) is 8.91. The molecular weight excluding hydrogens is 364 g/mol. The lowest BCUT2D eigenvalue weighted by molar-refractivity contribution is -0.170. The lowest BCUT2D eigenvalue weighted by atomic mass is 9.75. The van der Waals surface area contributed by atoms with Crippen LogP contribution in [0.1, 0.15) is 42.2 Å². The molecule has 0 saturated heterocycles. The van der Waals surface area contributed by atoms with E-state index < -0.39 is 17.4 Å². The number of fused-ring (bicyclic) bond motifs is 1. The lowest BCUT2D eigenvalue weighted by Gasteiger charge is -2.29. The Labute approximate surface area is 171 Å². The first-order valence-corrected chi connectivity index (χ1v) is 10.3. The topological polar surface area (TPSA) is 52.6 Å². The molecule has 3 aliphatic rings. The molecule has 4 nitrogen and oxygen atoms in total. The van der Waals surface area contributed by atoms with Crippen molar-refractivity contribution in [3.63, 3.8) is 0 Å². The van der Waals surface area contributed by atoms with Crippen molar-refractivity contribution in [2.75, 3.05) is 14.2 Å². The number of methoxy groups -OCH3 is 2. The predicted molar refractivity (Wildman–Crippen MR) is 108 cm³/mol. The minimum absolute atomic E-state index is 0.0375. The van der Waals surface area contributed by atoms with Gasteiger partial charge in [-0.2, -0.15) is 0 Å². The molecule has 0 amide bonds. The molecule has 3 aliphatic carbocycles. The molecule has 0 bridgehead atoms. The van der Waals surface area contributed by atoms with Crippen LogP contribution in [0.3, 0.4) is 0 Å². The summed E-state index contributed by atoms with van der Waals surface area (Å²) in [7, 11) is 2.73. The fourth-order valence-electron chi connectivity index (χ4n) is 6.54. The van der Waals surface area contributed by atoms with Crippen molar-refractivity contribution in [3.05, 3.63) is 71.8 Å². The van der Waals surface area contributed by atoms with Crippen LogP contribution in [0.15, 0.2) is 60.7 Å². The number of rotatable bonds is 5. The van der Waals surface area contributed by atoms with Crippen molar-refractivity contribution in [2.45, 2.75) is 31.1 Å². The van der Waals surface area contributed by atoms with Gasteiger partial charge in [0.25, 0.3) is 0 Å². The molecule has 3 saturated carbocycles. The molecule has 3 fully saturated rings. The van der Waals surface area contributed by atoms with Gasteiger partial charge in [-0.3, -0.25) is 9.59 Å². The first-order chi connectivity index (χ1) is 14.1. The second-order valence-electron chi connectivity index (χ2n) is 8.91. The van der Waals surface area contributed by atoms with Gasteiger partial charge in [-0.05, 0) is 59.5 Å². The van der Waals surface area contributed by atoms with Crippen molar-refractivity contribution < 1.29 is 19.1 Å². The Bertz CT molecular complexity index is 922. The molecule has 0 heterocycles. The maximum absolute atomic E-state index is 12.8. The summed E-state index contributed by atoms with van der Waals surface area (Å²) in [4.78, 5) is 25.5. The highest BCUT2D eigenvalue weighted by molar-refractivity contribution is 6.01. The summed E-state index contributed by atoms with van der Waals surface area (Å²) in [5.74, 6) is 0.792. The van der Waals surface area contributed by atoms with E-state index in [4.69, 9.17) is 9.47 Å². The Morgan fingerprint density at radius 1 is 0.828 bits per heavy atom. The third-order valence-electron chi connectivity index (χ3n) is 7.76. The average molecular weight is 390 g/mol. The van der Waals surface area contributed by atoms with Crippen molar-refractivity contribution in [2.24, 2.45) is 22.7 Å². The summed E-state index contributed by atoms with van der Waals surface area (Å²) < 4.78 is 10.2. The van der Waals surface area contributed by atoms with Crippen molar-refractivity contribution in [1.29, 1.82) is 0 Å². The van der Waals surface area contributed by atoms with Crippen LogP contribution >= 0.6 is 0 Å². The van der Waals surface area contributed by atoms with Crippen molar-refractivity contribution in [3.8, 4) is 0 Å². The van der Waals surface area contributed by atoms with Crippen LogP contribution in [0.4, 0.5) is 0 Å². The molecule has 5 atom stereocenters. The van der Waals surface area contributed by atoms with Gasteiger partial charge in [0.05, 0.1) is 14.2 Å². The molecule has 0 spiro atoms. The number of carbonyl (C=O) groups is 2. The van der Waals surface area contributed by atoms with Crippen LogP contribution in [0, 0.1) is 22.7 Å². The van der Waals surface area contributed by atoms with E-state index in [1.54, 1.807) is 0 Å². The molecule has 0 aliphatic heterocycles. The minimum atomic E-state index is -1.16. The third-order valence-corrected chi connectivity index (χ3v) is 7.76. The molecule has 150 valence electrons. The van der Waals surface area contributed by atoms with Crippen molar-refractivity contribution in [1.82, 2.24) is 0 Å². The Morgan fingerprint density at radius 2 is 1.38 bits per heavy atom. The number of benzene rings is 2. The van der Waals surface area contributed by atoms with Crippen LogP contribution in [-0.4, -0.2) is 26.2 Å². The summed E-state index contributed by atoms with van der Waals surface area (Å²) >= 11 is 0. The van der Waals surface area contributed by atoms with Gasteiger partial charge < -0.3 is 9.47 Å². The van der Waals surface area contributed by atoms with Gasteiger partial charge in [-0.15, -0.1) is 0 Å².